The molecule has 2 rings (SSSR count). The Kier molecular flexibility index (Phi) is 2.41. The van der Waals surface area contributed by atoms with E-state index in [-0.39, 0.29) is 5.41 Å². The molecule has 0 saturated carbocycles. The predicted molar refractivity (Wildman–Crippen MR) is 67.2 cm³/mol. The maximum atomic E-state index is 5.29. The minimum atomic E-state index is 0.0804. The van der Waals surface area contributed by atoms with E-state index in [1.807, 2.05) is 0 Å². The molecule has 0 amide bonds. The van der Waals surface area contributed by atoms with E-state index in [1.165, 1.54) is 5.69 Å². The van der Waals surface area contributed by atoms with Crippen LogP contribution in [0.25, 0.3) is 6.08 Å². The van der Waals surface area contributed by atoms with Crippen LogP contribution in [0.4, 0.5) is 5.69 Å². The summed E-state index contributed by atoms with van der Waals surface area (Å²) in [5.74, 6) is 0.664. The summed E-state index contributed by atoms with van der Waals surface area (Å²) >= 11 is 0. The van der Waals surface area contributed by atoms with Gasteiger partial charge in [-0.1, -0.05) is 26.5 Å². The van der Waals surface area contributed by atoms with Crippen LogP contribution < -0.4 is 9.64 Å². The summed E-state index contributed by atoms with van der Waals surface area (Å²) < 4.78 is 5.29. The number of ether oxygens (including phenoxy) is 1. The van der Waals surface area contributed by atoms with Gasteiger partial charge in [-0.05, 0) is 6.07 Å². The van der Waals surface area contributed by atoms with Crippen LogP contribution in [0.15, 0.2) is 12.6 Å². The van der Waals surface area contributed by atoms with Gasteiger partial charge >= 0.3 is 0 Å². The first-order valence-corrected chi connectivity index (χ1v) is 5.42. The Labute approximate surface area is 96.7 Å². The number of rotatable bonds is 2. The minimum Gasteiger partial charge on any atom is -0.481 e. The number of methoxy groups -OCH3 is 1. The lowest BCUT2D eigenvalue weighted by molar-refractivity contribution is 0.392. The Morgan fingerprint density at radius 2 is 2.25 bits per heavy atom. The average molecular weight is 218 g/mol. The second-order valence-corrected chi connectivity index (χ2v) is 4.90. The van der Waals surface area contributed by atoms with Crippen LogP contribution >= 0.6 is 0 Å². The minimum absolute atomic E-state index is 0.0804. The topological polar surface area (TPSA) is 25.4 Å². The van der Waals surface area contributed by atoms with Gasteiger partial charge in [0.05, 0.1) is 18.5 Å². The van der Waals surface area contributed by atoms with Gasteiger partial charge in [0.1, 0.15) is 0 Å². The first-order valence-electron chi connectivity index (χ1n) is 5.42. The SMILES string of the molecule is C=Cc1cc2c(nc1OC)C(C)(C)CN2C. The van der Waals surface area contributed by atoms with Gasteiger partial charge < -0.3 is 9.64 Å². The summed E-state index contributed by atoms with van der Waals surface area (Å²) in [6.07, 6.45) is 1.78. The second kappa shape index (κ2) is 3.51. The molecule has 0 bridgehead atoms. The lowest BCUT2D eigenvalue weighted by Crippen LogP contribution is -2.25. The lowest BCUT2D eigenvalue weighted by Gasteiger charge is -2.17. The van der Waals surface area contributed by atoms with Gasteiger partial charge in [0.25, 0.3) is 0 Å². The summed E-state index contributed by atoms with van der Waals surface area (Å²) in [7, 11) is 3.74. The van der Waals surface area contributed by atoms with E-state index in [0.717, 1.165) is 17.8 Å². The number of hydrogen-bond acceptors (Lipinski definition) is 3. The van der Waals surface area contributed by atoms with E-state index in [1.54, 1.807) is 13.2 Å². The molecule has 0 N–H and O–H groups in total. The zero-order chi connectivity index (χ0) is 11.9. The summed E-state index contributed by atoms with van der Waals surface area (Å²) in [4.78, 5) is 6.84. The highest BCUT2D eigenvalue weighted by Gasteiger charge is 2.35. The van der Waals surface area contributed by atoms with Crippen molar-refractivity contribution >= 4 is 11.8 Å². The Bertz CT molecular complexity index is 438. The molecular weight excluding hydrogens is 200 g/mol. The van der Waals surface area contributed by atoms with Crippen molar-refractivity contribution < 1.29 is 4.74 Å². The van der Waals surface area contributed by atoms with E-state index in [4.69, 9.17) is 4.74 Å². The number of likely N-dealkylation sites (N-methyl/N-ethyl adjacent to an activating group) is 1. The molecular formula is C13H18N2O. The highest BCUT2D eigenvalue weighted by atomic mass is 16.5. The lowest BCUT2D eigenvalue weighted by atomic mass is 9.91. The normalized spacial score (nSPS) is 17.1. The zero-order valence-corrected chi connectivity index (χ0v) is 10.4. The van der Waals surface area contributed by atoms with E-state index in [0.29, 0.717) is 5.88 Å². The molecule has 2 heterocycles. The predicted octanol–water partition coefficient (Wildman–Crippen LogP) is 2.46. The number of fused-ring (bicyclic) bond motifs is 1. The fraction of sp³-hybridized carbons (Fsp3) is 0.462. The van der Waals surface area contributed by atoms with Crippen LogP contribution in [0.5, 0.6) is 5.88 Å². The smallest absolute Gasteiger partial charge is 0.220 e. The molecule has 1 aliphatic rings. The molecule has 0 saturated heterocycles. The maximum Gasteiger partial charge on any atom is 0.220 e. The summed E-state index contributed by atoms with van der Waals surface area (Å²) in [5, 5.41) is 0. The van der Waals surface area contributed by atoms with Gasteiger partial charge in [0, 0.05) is 24.6 Å². The van der Waals surface area contributed by atoms with E-state index in [9.17, 15) is 0 Å². The summed E-state index contributed by atoms with van der Waals surface area (Å²) in [6.45, 7) is 9.18. The van der Waals surface area contributed by atoms with Crippen molar-refractivity contribution in [1.29, 1.82) is 0 Å². The van der Waals surface area contributed by atoms with E-state index >= 15 is 0 Å². The Hall–Kier alpha value is -1.51. The van der Waals surface area contributed by atoms with Crippen molar-refractivity contribution in [2.24, 2.45) is 0 Å². The first-order chi connectivity index (χ1) is 7.49. The molecule has 3 heteroatoms. The molecule has 0 unspecified atom stereocenters. The molecule has 3 nitrogen and oxygen atoms in total. The largest absolute Gasteiger partial charge is 0.481 e. The number of nitrogens with zero attached hydrogens (tertiary/aromatic N) is 2. The van der Waals surface area contributed by atoms with Crippen LogP contribution in [-0.2, 0) is 5.41 Å². The fourth-order valence-corrected chi connectivity index (χ4v) is 2.35. The quantitative estimate of drug-likeness (QED) is 0.762. The number of aromatic nitrogens is 1. The number of pyridine rings is 1. The third-order valence-electron chi connectivity index (χ3n) is 3.09. The Morgan fingerprint density at radius 3 is 2.81 bits per heavy atom. The summed E-state index contributed by atoms with van der Waals surface area (Å²) in [6, 6.07) is 2.10. The van der Waals surface area contributed by atoms with Crippen molar-refractivity contribution in [3.05, 3.63) is 23.9 Å². The van der Waals surface area contributed by atoms with Crippen molar-refractivity contribution in [3.63, 3.8) is 0 Å². The van der Waals surface area contributed by atoms with Crippen LogP contribution in [-0.4, -0.2) is 25.7 Å². The van der Waals surface area contributed by atoms with Crippen LogP contribution in [0, 0.1) is 0 Å². The molecule has 1 aromatic rings. The zero-order valence-electron chi connectivity index (χ0n) is 10.4. The van der Waals surface area contributed by atoms with Gasteiger partial charge in [0.15, 0.2) is 0 Å². The second-order valence-electron chi connectivity index (χ2n) is 4.90. The van der Waals surface area contributed by atoms with Crippen molar-refractivity contribution in [2.75, 3.05) is 25.6 Å². The third kappa shape index (κ3) is 1.47. The van der Waals surface area contributed by atoms with Crippen LogP contribution in [0.1, 0.15) is 25.1 Å². The van der Waals surface area contributed by atoms with Crippen molar-refractivity contribution in [3.8, 4) is 5.88 Å². The monoisotopic (exact) mass is 218 g/mol. The molecule has 0 atom stereocenters. The Morgan fingerprint density at radius 1 is 1.56 bits per heavy atom. The third-order valence-corrected chi connectivity index (χ3v) is 3.09. The van der Waals surface area contributed by atoms with Crippen molar-refractivity contribution in [1.82, 2.24) is 4.98 Å². The first kappa shape index (κ1) is 11.0. The Balaban J connectivity index is 2.64. The summed E-state index contributed by atoms with van der Waals surface area (Å²) in [5.41, 5.74) is 3.32. The average Bonchev–Trinajstić information content (AvgIpc) is 2.47. The molecule has 0 radical (unpaired) electrons. The fourth-order valence-electron chi connectivity index (χ4n) is 2.35. The van der Waals surface area contributed by atoms with E-state index in [2.05, 4.69) is 43.4 Å². The maximum absolute atomic E-state index is 5.29. The van der Waals surface area contributed by atoms with Crippen LogP contribution in [0.3, 0.4) is 0 Å². The molecule has 1 aliphatic heterocycles. The van der Waals surface area contributed by atoms with Gasteiger partial charge in [-0.15, -0.1) is 0 Å². The van der Waals surface area contributed by atoms with Crippen LogP contribution in [0.2, 0.25) is 0 Å². The number of hydrogen-bond donors (Lipinski definition) is 0. The molecule has 86 valence electrons. The molecule has 0 aromatic carbocycles. The van der Waals surface area contributed by atoms with Gasteiger partial charge in [-0.3, -0.25) is 0 Å². The van der Waals surface area contributed by atoms with Gasteiger partial charge in [-0.2, -0.15) is 0 Å². The highest BCUT2D eigenvalue weighted by molar-refractivity contribution is 5.67. The highest BCUT2D eigenvalue weighted by Crippen LogP contribution is 2.40. The molecule has 0 aliphatic carbocycles. The van der Waals surface area contributed by atoms with E-state index < -0.39 is 0 Å². The molecule has 16 heavy (non-hydrogen) atoms. The van der Waals surface area contributed by atoms with Crippen molar-refractivity contribution in [2.45, 2.75) is 19.3 Å². The van der Waals surface area contributed by atoms with Gasteiger partial charge in [0.2, 0.25) is 5.88 Å². The molecule has 0 fully saturated rings. The number of anilines is 1. The standard InChI is InChI=1S/C13H18N2O/c1-6-9-7-10-11(14-12(9)16-5)13(2,3)8-15(10)4/h6-7H,1,8H2,2-5H3. The molecule has 0 spiro atoms. The van der Waals surface area contributed by atoms with Gasteiger partial charge in [-0.25, -0.2) is 4.98 Å². The molecule has 1 aromatic heterocycles.